The third-order valence-electron chi connectivity index (χ3n) is 1.70. The summed E-state index contributed by atoms with van der Waals surface area (Å²) in [4.78, 5) is 13.2. The van der Waals surface area contributed by atoms with Crippen molar-refractivity contribution in [2.75, 3.05) is 0 Å². The minimum atomic E-state index is 0.0544. The van der Waals surface area contributed by atoms with Gasteiger partial charge in [-0.05, 0) is 25.5 Å². The lowest BCUT2D eigenvalue weighted by atomic mass is 10.2. The number of carbonyl (C=O) groups excluding carboxylic acids is 1. The summed E-state index contributed by atoms with van der Waals surface area (Å²) in [5.74, 6) is 2.41. The number of ketones is 1. The molecular weight excluding hydrogens is 168 g/mol. The molecule has 0 unspecified atom stereocenters. The van der Waals surface area contributed by atoms with E-state index in [0.717, 1.165) is 4.88 Å². The number of hydrogen-bond donors (Lipinski definition) is 0. The Hall–Kier alpha value is -1.07. The molecule has 0 aromatic carbocycles. The molecule has 1 nitrogen and oxygen atoms in total. The van der Waals surface area contributed by atoms with Gasteiger partial charge in [-0.25, -0.2) is 0 Å². The Labute approximate surface area is 76.4 Å². The van der Waals surface area contributed by atoms with Gasteiger partial charge in [0, 0.05) is 4.88 Å². The summed E-state index contributed by atoms with van der Waals surface area (Å²) >= 11 is 1.52. The average Bonchev–Trinajstić information content (AvgIpc) is 2.33. The van der Waals surface area contributed by atoms with E-state index in [4.69, 9.17) is 6.42 Å². The van der Waals surface area contributed by atoms with Gasteiger partial charge in [0.25, 0.3) is 0 Å². The lowest BCUT2D eigenvalue weighted by molar-refractivity contribution is 0.100. The van der Waals surface area contributed by atoms with Crippen molar-refractivity contribution in [1.82, 2.24) is 0 Å². The third-order valence-corrected chi connectivity index (χ3v) is 2.90. The SMILES string of the molecule is C#CCC(=O)c1cc(C)c(C)s1. The fourth-order valence-corrected chi connectivity index (χ4v) is 1.86. The second-order valence-corrected chi connectivity index (χ2v) is 3.91. The standard InChI is InChI=1S/C10H10OS/c1-4-5-9(11)10-6-7(2)8(3)12-10/h1,6H,5H2,2-3H3. The van der Waals surface area contributed by atoms with E-state index in [2.05, 4.69) is 5.92 Å². The van der Waals surface area contributed by atoms with Crippen molar-refractivity contribution in [2.45, 2.75) is 20.3 Å². The van der Waals surface area contributed by atoms with Gasteiger partial charge in [-0.1, -0.05) is 5.92 Å². The zero-order valence-corrected chi connectivity index (χ0v) is 7.99. The second-order valence-electron chi connectivity index (χ2n) is 2.65. The molecule has 0 aliphatic rings. The van der Waals surface area contributed by atoms with Crippen LogP contribution in [-0.2, 0) is 0 Å². The minimum Gasteiger partial charge on any atom is -0.292 e. The van der Waals surface area contributed by atoms with Crippen molar-refractivity contribution in [3.05, 3.63) is 21.4 Å². The fraction of sp³-hybridized carbons (Fsp3) is 0.300. The van der Waals surface area contributed by atoms with Crippen LogP contribution in [0.15, 0.2) is 6.07 Å². The van der Waals surface area contributed by atoms with E-state index in [9.17, 15) is 4.79 Å². The van der Waals surface area contributed by atoms with E-state index < -0.39 is 0 Å². The quantitative estimate of drug-likeness (QED) is 0.502. The van der Waals surface area contributed by atoms with Crippen molar-refractivity contribution in [1.29, 1.82) is 0 Å². The normalized spacial score (nSPS) is 9.42. The molecule has 0 spiro atoms. The number of carbonyl (C=O) groups is 1. The van der Waals surface area contributed by atoms with E-state index in [1.165, 1.54) is 21.8 Å². The van der Waals surface area contributed by atoms with Crippen LogP contribution < -0.4 is 0 Å². The van der Waals surface area contributed by atoms with Crippen LogP contribution in [0.2, 0.25) is 0 Å². The largest absolute Gasteiger partial charge is 0.292 e. The highest BCUT2D eigenvalue weighted by molar-refractivity contribution is 7.14. The molecule has 62 valence electrons. The number of terminal acetylenes is 1. The summed E-state index contributed by atoms with van der Waals surface area (Å²) < 4.78 is 0. The Morgan fingerprint density at radius 3 is 2.75 bits per heavy atom. The summed E-state index contributed by atoms with van der Waals surface area (Å²) in [5, 5.41) is 0. The van der Waals surface area contributed by atoms with Gasteiger partial charge in [0.05, 0.1) is 11.3 Å². The molecule has 0 amide bonds. The van der Waals surface area contributed by atoms with Crippen molar-refractivity contribution in [3.63, 3.8) is 0 Å². The molecule has 1 heterocycles. The molecule has 0 N–H and O–H groups in total. The molecule has 0 aliphatic heterocycles. The van der Waals surface area contributed by atoms with Crippen LogP contribution in [0.5, 0.6) is 0 Å². The predicted molar refractivity (Wildman–Crippen MR) is 51.6 cm³/mol. The highest BCUT2D eigenvalue weighted by Crippen LogP contribution is 2.21. The summed E-state index contributed by atoms with van der Waals surface area (Å²) in [6.45, 7) is 4.01. The first-order valence-corrected chi connectivity index (χ1v) is 4.50. The fourth-order valence-electron chi connectivity index (χ4n) is 0.890. The molecule has 0 aliphatic carbocycles. The summed E-state index contributed by atoms with van der Waals surface area (Å²) in [6.07, 6.45) is 5.25. The first-order chi connectivity index (χ1) is 5.65. The number of aryl methyl sites for hydroxylation is 2. The van der Waals surface area contributed by atoms with Crippen LogP contribution in [0.3, 0.4) is 0 Å². The van der Waals surface area contributed by atoms with E-state index in [-0.39, 0.29) is 12.2 Å². The number of Topliss-reactive ketones (excluding diaryl/α,β-unsaturated/α-hetero) is 1. The maximum Gasteiger partial charge on any atom is 0.184 e. The van der Waals surface area contributed by atoms with Gasteiger partial charge in [0.15, 0.2) is 5.78 Å². The summed E-state index contributed by atoms with van der Waals surface area (Å²) in [6, 6.07) is 1.90. The van der Waals surface area contributed by atoms with Gasteiger partial charge in [0.1, 0.15) is 0 Å². The molecule has 0 radical (unpaired) electrons. The Bertz CT molecular complexity index is 322. The van der Waals surface area contributed by atoms with Gasteiger partial charge in [-0.2, -0.15) is 0 Å². The van der Waals surface area contributed by atoms with E-state index >= 15 is 0 Å². The van der Waals surface area contributed by atoms with Crippen molar-refractivity contribution >= 4 is 17.1 Å². The molecule has 2 heteroatoms. The molecule has 0 saturated carbocycles. The number of hydrogen-bond acceptors (Lipinski definition) is 2. The van der Waals surface area contributed by atoms with Crippen LogP contribution in [0.25, 0.3) is 0 Å². The molecule has 12 heavy (non-hydrogen) atoms. The van der Waals surface area contributed by atoms with Crippen LogP contribution in [0.4, 0.5) is 0 Å². The molecule has 0 fully saturated rings. The molecule has 1 aromatic rings. The lowest BCUT2D eigenvalue weighted by Gasteiger charge is -1.87. The highest BCUT2D eigenvalue weighted by Gasteiger charge is 2.08. The Morgan fingerprint density at radius 2 is 2.33 bits per heavy atom. The second kappa shape index (κ2) is 3.55. The minimum absolute atomic E-state index is 0.0544. The highest BCUT2D eigenvalue weighted by atomic mass is 32.1. The Balaban J connectivity index is 2.91. The average molecular weight is 178 g/mol. The van der Waals surface area contributed by atoms with E-state index in [0.29, 0.717) is 0 Å². The Morgan fingerprint density at radius 1 is 1.67 bits per heavy atom. The maximum atomic E-state index is 11.3. The first-order valence-electron chi connectivity index (χ1n) is 3.69. The molecule has 0 saturated heterocycles. The van der Waals surface area contributed by atoms with E-state index in [1.54, 1.807) is 0 Å². The van der Waals surface area contributed by atoms with Crippen LogP contribution >= 0.6 is 11.3 Å². The zero-order chi connectivity index (χ0) is 9.14. The first kappa shape index (κ1) is 9.02. The number of rotatable bonds is 2. The predicted octanol–water partition coefficient (Wildman–Crippen LogP) is 2.57. The number of thiophene rings is 1. The molecule has 1 rings (SSSR count). The molecule has 0 bridgehead atoms. The van der Waals surface area contributed by atoms with Crippen LogP contribution in [-0.4, -0.2) is 5.78 Å². The van der Waals surface area contributed by atoms with Gasteiger partial charge in [-0.15, -0.1) is 17.8 Å². The third kappa shape index (κ3) is 1.75. The van der Waals surface area contributed by atoms with Crippen LogP contribution in [0.1, 0.15) is 26.5 Å². The molecule has 1 aromatic heterocycles. The van der Waals surface area contributed by atoms with Crippen molar-refractivity contribution in [3.8, 4) is 12.3 Å². The van der Waals surface area contributed by atoms with Gasteiger partial charge in [0.2, 0.25) is 0 Å². The van der Waals surface area contributed by atoms with Gasteiger partial charge >= 0.3 is 0 Å². The topological polar surface area (TPSA) is 17.1 Å². The summed E-state index contributed by atoms with van der Waals surface area (Å²) in [7, 11) is 0. The summed E-state index contributed by atoms with van der Waals surface area (Å²) in [5.41, 5.74) is 1.17. The molecule has 0 atom stereocenters. The van der Waals surface area contributed by atoms with Crippen molar-refractivity contribution in [2.24, 2.45) is 0 Å². The molecular formula is C10H10OS. The lowest BCUT2D eigenvalue weighted by Crippen LogP contribution is -1.92. The monoisotopic (exact) mass is 178 g/mol. The van der Waals surface area contributed by atoms with Gasteiger partial charge in [-0.3, -0.25) is 4.79 Å². The van der Waals surface area contributed by atoms with Crippen molar-refractivity contribution < 1.29 is 4.79 Å². The van der Waals surface area contributed by atoms with Gasteiger partial charge < -0.3 is 0 Å². The van der Waals surface area contributed by atoms with E-state index in [1.807, 2.05) is 19.9 Å². The Kier molecular flexibility index (Phi) is 2.67. The maximum absolute atomic E-state index is 11.3. The smallest absolute Gasteiger partial charge is 0.184 e. The van der Waals surface area contributed by atoms with Crippen LogP contribution in [0, 0.1) is 26.2 Å². The zero-order valence-electron chi connectivity index (χ0n) is 7.18.